The molecule has 0 radical (unpaired) electrons. The molecule has 0 atom stereocenters. The molecule has 4 heteroatoms. The van der Waals surface area contributed by atoms with Gasteiger partial charge >= 0.3 is 0 Å². The standard InChI is InChI=1S/C8H11N3O/c1-6-4-10-3-2-7(6)11-5-8(9)12/h2-4H,5H2,1H3,(H2,9,12)(H,10,11). The van der Waals surface area contributed by atoms with Crippen LogP contribution < -0.4 is 11.1 Å². The van der Waals surface area contributed by atoms with E-state index in [2.05, 4.69) is 10.3 Å². The summed E-state index contributed by atoms with van der Waals surface area (Å²) in [5.41, 5.74) is 6.86. The SMILES string of the molecule is Cc1cnccc1NCC(N)=O. The van der Waals surface area contributed by atoms with Gasteiger partial charge in [-0.2, -0.15) is 0 Å². The third-order valence-electron chi connectivity index (χ3n) is 1.47. The molecule has 0 spiro atoms. The molecule has 1 amide bonds. The van der Waals surface area contributed by atoms with Crippen molar-refractivity contribution in [2.75, 3.05) is 11.9 Å². The number of carbonyl (C=O) groups is 1. The number of anilines is 1. The molecule has 0 saturated carbocycles. The monoisotopic (exact) mass is 165 g/mol. The van der Waals surface area contributed by atoms with Crippen molar-refractivity contribution in [3.8, 4) is 0 Å². The first-order valence-electron chi connectivity index (χ1n) is 3.63. The molecule has 0 aliphatic rings. The lowest BCUT2D eigenvalue weighted by atomic mass is 10.2. The summed E-state index contributed by atoms with van der Waals surface area (Å²) in [7, 11) is 0. The summed E-state index contributed by atoms with van der Waals surface area (Å²) < 4.78 is 0. The van der Waals surface area contributed by atoms with Crippen LogP contribution in [0, 0.1) is 6.92 Å². The minimum atomic E-state index is -0.369. The maximum atomic E-state index is 10.4. The van der Waals surface area contributed by atoms with Gasteiger partial charge in [0.15, 0.2) is 0 Å². The van der Waals surface area contributed by atoms with Crippen LogP contribution in [0.3, 0.4) is 0 Å². The number of pyridine rings is 1. The molecule has 1 heterocycles. The molecule has 1 rings (SSSR count). The van der Waals surface area contributed by atoms with E-state index in [-0.39, 0.29) is 12.5 Å². The van der Waals surface area contributed by atoms with Gasteiger partial charge in [-0.1, -0.05) is 0 Å². The molecule has 3 N–H and O–H groups in total. The van der Waals surface area contributed by atoms with Crippen molar-refractivity contribution in [2.45, 2.75) is 6.92 Å². The number of nitrogens with zero attached hydrogens (tertiary/aromatic N) is 1. The van der Waals surface area contributed by atoms with Crippen LogP contribution in [0.2, 0.25) is 0 Å². The molecule has 0 aromatic carbocycles. The fourth-order valence-electron chi connectivity index (χ4n) is 0.854. The van der Waals surface area contributed by atoms with Crippen LogP contribution in [0.25, 0.3) is 0 Å². The van der Waals surface area contributed by atoms with Crippen LogP contribution in [-0.4, -0.2) is 17.4 Å². The first kappa shape index (κ1) is 8.52. The van der Waals surface area contributed by atoms with Gasteiger partial charge in [0, 0.05) is 18.1 Å². The molecule has 0 bridgehead atoms. The number of nitrogens with one attached hydrogen (secondary N) is 1. The summed E-state index contributed by atoms with van der Waals surface area (Å²) in [5.74, 6) is -0.369. The quantitative estimate of drug-likeness (QED) is 0.676. The Labute approximate surface area is 70.8 Å². The summed E-state index contributed by atoms with van der Waals surface area (Å²) >= 11 is 0. The lowest BCUT2D eigenvalue weighted by Gasteiger charge is -2.05. The lowest BCUT2D eigenvalue weighted by Crippen LogP contribution is -2.22. The minimum Gasteiger partial charge on any atom is -0.376 e. The molecule has 4 nitrogen and oxygen atoms in total. The van der Waals surface area contributed by atoms with Crippen molar-refractivity contribution in [1.82, 2.24) is 4.98 Å². The summed E-state index contributed by atoms with van der Waals surface area (Å²) in [6, 6.07) is 1.80. The first-order valence-corrected chi connectivity index (χ1v) is 3.63. The van der Waals surface area contributed by atoms with Gasteiger partial charge in [-0.25, -0.2) is 0 Å². The largest absolute Gasteiger partial charge is 0.376 e. The summed E-state index contributed by atoms with van der Waals surface area (Å²) in [5, 5.41) is 2.90. The third-order valence-corrected chi connectivity index (χ3v) is 1.47. The van der Waals surface area contributed by atoms with E-state index in [1.165, 1.54) is 0 Å². The molecule has 12 heavy (non-hydrogen) atoms. The highest BCUT2D eigenvalue weighted by atomic mass is 16.1. The van der Waals surface area contributed by atoms with E-state index >= 15 is 0 Å². The van der Waals surface area contributed by atoms with Gasteiger partial charge in [0.1, 0.15) is 0 Å². The fourth-order valence-corrected chi connectivity index (χ4v) is 0.854. The Morgan fingerprint density at radius 1 is 1.75 bits per heavy atom. The summed E-state index contributed by atoms with van der Waals surface area (Å²) in [6.07, 6.45) is 3.39. The van der Waals surface area contributed by atoms with Crippen molar-refractivity contribution < 1.29 is 4.79 Å². The highest BCUT2D eigenvalue weighted by molar-refractivity contribution is 5.79. The van der Waals surface area contributed by atoms with Crippen LogP contribution in [0.15, 0.2) is 18.5 Å². The highest BCUT2D eigenvalue weighted by Crippen LogP contribution is 2.10. The number of amides is 1. The Morgan fingerprint density at radius 2 is 2.50 bits per heavy atom. The van der Waals surface area contributed by atoms with E-state index in [1.54, 1.807) is 18.5 Å². The topological polar surface area (TPSA) is 68.0 Å². The Bertz CT molecular complexity index is 285. The minimum absolute atomic E-state index is 0.158. The van der Waals surface area contributed by atoms with E-state index in [0.717, 1.165) is 11.3 Å². The van der Waals surface area contributed by atoms with Crippen LogP contribution in [0.5, 0.6) is 0 Å². The predicted molar refractivity (Wildman–Crippen MR) is 46.7 cm³/mol. The second-order valence-electron chi connectivity index (χ2n) is 2.51. The van der Waals surface area contributed by atoms with Crippen LogP contribution in [-0.2, 0) is 4.79 Å². The van der Waals surface area contributed by atoms with Crippen LogP contribution in [0.4, 0.5) is 5.69 Å². The van der Waals surface area contributed by atoms with E-state index in [0.29, 0.717) is 0 Å². The van der Waals surface area contributed by atoms with Gasteiger partial charge in [0.05, 0.1) is 6.54 Å². The number of carbonyl (C=O) groups excluding carboxylic acids is 1. The number of aromatic nitrogens is 1. The third kappa shape index (κ3) is 2.23. The average Bonchev–Trinajstić information content (AvgIpc) is 2.03. The molecule has 1 aromatic rings. The smallest absolute Gasteiger partial charge is 0.236 e. The summed E-state index contributed by atoms with van der Waals surface area (Å²) in [4.78, 5) is 14.3. The normalized spacial score (nSPS) is 9.42. The molecule has 0 fully saturated rings. The van der Waals surface area contributed by atoms with Crippen molar-refractivity contribution in [3.05, 3.63) is 24.0 Å². The second kappa shape index (κ2) is 3.71. The summed E-state index contributed by atoms with van der Waals surface area (Å²) in [6.45, 7) is 2.07. The molecular formula is C8H11N3O. The number of hydrogen-bond acceptors (Lipinski definition) is 3. The van der Waals surface area contributed by atoms with Gasteiger partial charge in [-0.15, -0.1) is 0 Å². The van der Waals surface area contributed by atoms with Crippen LogP contribution in [0.1, 0.15) is 5.56 Å². The number of rotatable bonds is 3. The number of primary amides is 1. The van der Waals surface area contributed by atoms with Gasteiger partial charge in [0.25, 0.3) is 0 Å². The highest BCUT2D eigenvalue weighted by Gasteiger charge is 1.97. The Balaban J connectivity index is 2.63. The first-order chi connectivity index (χ1) is 5.70. The van der Waals surface area contributed by atoms with Crippen molar-refractivity contribution in [3.63, 3.8) is 0 Å². The molecule has 64 valence electrons. The van der Waals surface area contributed by atoms with Crippen LogP contribution >= 0.6 is 0 Å². The molecule has 1 aromatic heterocycles. The average molecular weight is 165 g/mol. The Morgan fingerprint density at radius 3 is 3.08 bits per heavy atom. The van der Waals surface area contributed by atoms with Gasteiger partial charge in [0.2, 0.25) is 5.91 Å². The zero-order valence-corrected chi connectivity index (χ0v) is 6.87. The number of aryl methyl sites for hydroxylation is 1. The Hall–Kier alpha value is -1.58. The van der Waals surface area contributed by atoms with E-state index in [9.17, 15) is 4.79 Å². The maximum absolute atomic E-state index is 10.4. The second-order valence-corrected chi connectivity index (χ2v) is 2.51. The maximum Gasteiger partial charge on any atom is 0.236 e. The van der Waals surface area contributed by atoms with Crippen molar-refractivity contribution in [2.24, 2.45) is 5.73 Å². The number of nitrogens with two attached hydrogens (primary N) is 1. The lowest BCUT2D eigenvalue weighted by molar-refractivity contribution is -0.116. The molecular weight excluding hydrogens is 154 g/mol. The fraction of sp³-hybridized carbons (Fsp3) is 0.250. The van der Waals surface area contributed by atoms with Gasteiger partial charge < -0.3 is 11.1 Å². The van der Waals surface area contributed by atoms with Gasteiger partial charge in [-0.3, -0.25) is 9.78 Å². The predicted octanol–water partition coefficient (Wildman–Crippen LogP) is 0.287. The van der Waals surface area contributed by atoms with E-state index in [1.807, 2.05) is 6.92 Å². The molecule has 0 aliphatic heterocycles. The van der Waals surface area contributed by atoms with Crippen molar-refractivity contribution in [1.29, 1.82) is 0 Å². The zero-order valence-electron chi connectivity index (χ0n) is 6.87. The molecule has 0 aliphatic carbocycles. The zero-order chi connectivity index (χ0) is 8.97. The molecule has 0 unspecified atom stereocenters. The number of hydrogen-bond donors (Lipinski definition) is 2. The van der Waals surface area contributed by atoms with Crippen molar-refractivity contribution >= 4 is 11.6 Å². The van der Waals surface area contributed by atoms with E-state index in [4.69, 9.17) is 5.73 Å². The Kier molecular flexibility index (Phi) is 2.63. The van der Waals surface area contributed by atoms with E-state index < -0.39 is 0 Å². The van der Waals surface area contributed by atoms with Gasteiger partial charge in [-0.05, 0) is 18.6 Å². The molecule has 0 saturated heterocycles.